The van der Waals surface area contributed by atoms with Crippen LogP contribution >= 0.6 is 11.8 Å². The van der Waals surface area contributed by atoms with Crippen LogP contribution in [0.15, 0.2) is 82.7 Å². The van der Waals surface area contributed by atoms with Gasteiger partial charge in [-0.05, 0) is 65.9 Å². The van der Waals surface area contributed by atoms with E-state index in [1.807, 2.05) is 18.2 Å². The number of amides is 1. The molecule has 0 saturated carbocycles. The second-order valence-electron chi connectivity index (χ2n) is 7.55. The molecule has 0 bridgehead atoms. The molecule has 8 nitrogen and oxygen atoms in total. The van der Waals surface area contributed by atoms with Gasteiger partial charge in [0.1, 0.15) is 12.4 Å². The van der Waals surface area contributed by atoms with Crippen LogP contribution in [0.5, 0.6) is 5.75 Å². The van der Waals surface area contributed by atoms with E-state index in [2.05, 4.69) is 4.99 Å². The summed E-state index contributed by atoms with van der Waals surface area (Å²) in [7, 11) is 1.63. The summed E-state index contributed by atoms with van der Waals surface area (Å²) in [5, 5.41) is 18.5. The Balaban J connectivity index is 1.51. The van der Waals surface area contributed by atoms with Crippen molar-refractivity contribution in [3.05, 3.63) is 100.0 Å². The minimum absolute atomic E-state index is 0.160. The number of hydrogen-bond donors (Lipinski definition) is 2. The topological polar surface area (TPSA) is 117 Å². The minimum atomic E-state index is -1.02. The summed E-state index contributed by atoms with van der Waals surface area (Å²) in [6, 6.07) is 19.8. The third kappa shape index (κ3) is 5.59. The number of likely N-dealkylation sites (N-methyl/N-ethyl adjacent to an activating group) is 1. The minimum Gasteiger partial charge on any atom is -0.488 e. The van der Waals surface area contributed by atoms with Crippen molar-refractivity contribution in [3.8, 4) is 5.75 Å². The van der Waals surface area contributed by atoms with Crippen LogP contribution in [0.3, 0.4) is 0 Å². The number of aliphatic imine (C=N–C) groups is 1. The molecule has 0 spiro atoms. The summed E-state index contributed by atoms with van der Waals surface area (Å²) in [5.41, 5.74) is 2.43. The lowest BCUT2D eigenvalue weighted by molar-refractivity contribution is -0.121. The van der Waals surface area contributed by atoms with Gasteiger partial charge in [-0.2, -0.15) is 0 Å². The lowest BCUT2D eigenvalue weighted by Gasteiger charge is -2.10. The highest BCUT2D eigenvalue weighted by Gasteiger charge is 2.30. The zero-order chi connectivity index (χ0) is 24.9. The number of thioether (sulfide) groups is 1. The molecule has 4 rings (SSSR count). The molecule has 1 aliphatic heterocycles. The normalized spacial score (nSPS) is 15.6. The number of carbonyl (C=O) groups is 3. The number of aromatic carboxylic acids is 2. The number of amidine groups is 1. The largest absolute Gasteiger partial charge is 0.488 e. The summed E-state index contributed by atoms with van der Waals surface area (Å²) >= 11 is 1.21. The van der Waals surface area contributed by atoms with E-state index in [1.54, 1.807) is 43.5 Å². The predicted molar refractivity (Wildman–Crippen MR) is 133 cm³/mol. The molecular formula is C26H20N2O6S. The van der Waals surface area contributed by atoms with E-state index in [-0.39, 0.29) is 23.6 Å². The number of hydrogen-bond acceptors (Lipinski definition) is 6. The van der Waals surface area contributed by atoms with Crippen LogP contribution in [-0.4, -0.2) is 45.2 Å². The summed E-state index contributed by atoms with van der Waals surface area (Å²) in [6.45, 7) is 0.236. The number of nitrogens with zero attached hydrogens (tertiary/aromatic N) is 2. The van der Waals surface area contributed by atoms with Crippen LogP contribution in [0.25, 0.3) is 6.08 Å². The Morgan fingerprint density at radius 2 is 1.54 bits per heavy atom. The molecule has 1 saturated heterocycles. The summed E-state index contributed by atoms with van der Waals surface area (Å²) in [5.74, 6) is -1.64. The molecule has 9 heteroatoms. The predicted octanol–water partition coefficient (Wildman–Crippen LogP) is 4.90. The van der Waals surface area contributed by atoms with Gasteiger partial charge in [-0.25, -0.2) is 14.6 Å². The third-order valence-corrected chi connectivity index (χ3v) is 6.20. The van der Waals surface area contributed by atoms with E-state index in [1.165, 1.54) is 40.9 Å². The molecule has 1 heterocycles. The third-order valence-electron chi connectivity index (χ3n) is 5.14. The molecule has 1 aliphatic rings. The van der Waals surface area contributed by atoms with Crippen molar-refractivity contribution < 1.29 is 29.3 Å². The van der Waals surface area contributed by atoms with Gasteiger partial charge in [0.15, 0.2) is 5.17 Å². The maximum atomic E-state index is 12.8. The zero-order valence-corrected chi connectivity index (χ0v) is 19.4. The van der Waals surface area contributed by atoms with Crippen molar-refractivity contribution in [1.29, 1.82) is 0 Å². The number of carboxylic acid groups (broad SMARTS) is 2. The second-order valence-corrected chi connectivity index (χ2v) is 8.56. The molecule has 0 unspecified atom stereocenters. The highest BCUT2D eigenvalue weighted by atomic mass is 32.2. The Morgan fingerprint density at radius 3 is 2.17 bits per heavy atom. The fraction of sp³-hybridized carbons (Fsp3) is 0.0769. The Kier molecular flexibility index (Phi) is 6.98. The van der Waals surface area contributed by atoms with Gasteiger partial charge in [-0.1, -0.05) is 30.3 Å². The van der Waals surface area contributed by atoms with Crippen LogP contribution < -0.4 is 4.74 Å². The van der Waals surface area contributed by atoms with E-state index in [0.29, 0.717) is 27.1 Å². The number of carboxylic acids is 2. The van der Waals surface area contributed by atoms with Gasteiger partial charge < -0.3 is 14.9 Å². The maximum Gasteiger partial charge on any atom is 0.335 e. The van der Waals surface area contributed by atoms with Gasteiger partial charge in [-0.3, -0.25) is 9.69 Å². The standard InChI is InChI=1S/C26H20N2O6S/c1-28-23(29)22(35-26(28)27-20-12-10-18(11-13-20)25(32)33)14-19-4-2-3-5-21(19)34-15-16-6-8-17(9-7-16)24(30)31/h2-14H,15H2,1H3,(H,30,31)(H,32,33)/b22-14-,27-26?. The summed E-state index contributed by atoms with van der Waals surface area (Å²) in [6.07, 6.45) is 1.74. The average molecular weight is 489 g/mol. The van der Waals surface area contributed by atoms with Gasteiger partial charge in [0.25, 0.3) is 5.91 Å². The first-order chi connectivity index (χ1) is 16.8. The molecular weight excluding hydrogens is 468 g/mol. The Hall–Kier alpha value is -4.37. The van der Waals surface area contributed by atoms with Crippen LogP contribution in [0.4, 0.5) is 5.69 Å². The van der Waals surface area contributed by atoms with Gasteiger partial charge in [0, 0.05) is 12.6 Å². The summed E-state index contributed by atoms with van der Waals surface area (Å²) < 4.78 is 5.94. The van der Waals surface area contributed by atoms with Crippen LogP contribution in [-0.2, 0) is 11.4 Å². The van der Waals surface area contributed by atoms with Crippen molar-refractivity contribution in [1.82, 2.24) is 4.90 Å². The molecule has 3 aromatic carbocycles. The summed E-state index contributed by atoms with van der Waals surface area (Å²) in [4.78, 5) is 41.2. The monoisotopic (exact) mass is 488 g/mol. The molecule has 3 aromatic rings. The smallest absolute Gasteiger partial charge is 0.335 e. The van der Waals surface area contributed by atoms with Crippen molar-refractivity contribution in [2.45, 2.75) is 6.61 Å². The number of benzene rings is 3. The van der Waals surface area contributed by atoms with Crippen LogP contribution in [0, 0.1) is 0 Å². The first-order valence-electron chi connectivity index (χ1n) is 10.5. The number of rotatable bonds is 7. The van der Waals surface area contributed by atoms with Crippen LogP contribution in [0.1, 0.15) is 31.8 Å². The maximum absolute atomic E-state index is 12.8. The van der Waals surface area contributed by atoms with Gasteiger partial charge >= 0.3 is 11.9 Å². The Morgan fingerprint density at radius 1 is 0.943 bits per heavy atom. The van der Waals surface area contributed by atoms with E-state index < -0.39 is 11.9 Å². The van der Waals surface area contributed by atoms with Crippen molar-refractivity contribution in [2.75, 3.05) is 7.05 Å². The number of ether oxygens (including phenoxy) is 1. The quantitative estimate of drug-likeness (QED) is 0.455. The van der Waals surface area contributed by atoms with Gasteiger partial charge in [-0.15, -0.1) is 0 Å². The lowest BCUT2D eigenvalue weighted by Crippen LogP contribution is -2.23. The first kappa shape index (κ1) is 23.8. The Labute approximate surface area is 205 Å². The molecule has 35 heavy (non-hydrogen) atoms. The average Bonchev–Trinajstić information content (AvgIpc) is 3.11. The van der Waals surface area contributed by atoms with Crippen molar-refractivity contribution in [2.24, 2.45) is 4.99 Å². The molecule has 0 atom stereocenters. The van der Waals surface area contributed by atoms with Crippen LogP contribution in [0.2, 0.25) is 0 Å². The van der Waals surface area contributed by atoms with Crippen molar-refractivity contribution in [3.63, 3.8) is 0 Å². The molecule has 0 aromatic heterocycles. The SMILES string of the molecule is CN1C(=O)/C(=C/c2ccccc2OCc2ccc(C(=O)O)cc2)SC1=Nc1ccc(C(=O)O)cc1. The zero-order valence-electron chi connectivity index (χ0n) is 18.5. The highest BCUT2D eigenvalue weighted by molar-refractivity contribution is 8.18. The second kappa shape index (κ2) is 10.3. The fourth-order valence-corrected chi connectivity index (χ4v) is 4.20. The van der Waals surface area contributed by atoms with Gasteiger partial charge in [0.05, 0.1) is 21.7 Å². The lowest BCUT2D eigenvalue weighted by atomic mass is 10.1. The molecule has 0 radical (unpaired) electrons. The van der Waals surface area contributed by atoms with E-state index in [4.69, 9.17) is 14.9 Å². The number of carbonyl (C=O) groups excluding carboxylic acids is 1. The van der Waals surface area contributed by atoms with E-state index in [0.717, 1.165) is 5.56 Å². The molecule has 0 aliphatic carbocycles. The molecule has 1 amide bonds. The fourth-order valence-electron chi connectivity index (χ4n) is 3.22. The number of para-hydroxylation sites is 1. The Bertz CT molecular complexity index is 1350. The molecule has 1 fully saturated rings. The first-order valence-corrected chi connectivity index (χ1v) is 11.3. The molecule has 176 valence electrons. The van der Waals surface area contributed by atoms with Crippen molar-refractivity contribution >= 4 is 46.5 Å². The van der Waals surface area contributed by atoms with E-state index in [9.17, 15) is 14.4 Å². The van der Waals surface area contributed by atoms with Gasteiger partial charge in [0.2, 0.25) is 0 Å². The molecule has 2 N–H and O–H groups in total. The highest BCUT2D eigenvalue weighted by Crippen LogP contribution is 2.34. The van der Waals surface area contributed by atoms with E-state index >= 15 is 0 Å².